The zero-order chi connectivity index (χ0) is 20.5. The van der Waals surface area contributed by atoms with Gasteiger partial charge in [0.25, 0.3) is 5.56 Å². The summed E-state index contributed by atoms with van der Waals surface area (Å²) in [6.45, 7) is -0.124. The number of carbonyl (C=O) groups is 1. The van der Waals surface area contributed by atoms with Crippen molar-refractivity contribution in [1.29, 1.82) is 0 Å². The van der Waals surface area contributed by atoms with Gasteiger partial charge in [-0.1, -0.05) is 48.5 Å². The van der Waals surface area contributed by atoms with E-state index >= 15 is 0 Å². The number of nitrogens with zero attached hydrogens (tertiary/aromatic N) is 2. The Morgan fingerprint density at radius 1 is 1.10 bits per heavy atom. The van der Waals surface area contributed by atoms with Gasteiger partial charge in [-0.25, -0.2) is 4.98 Å². The third-order valence-corrected chi connectivity index (χ3v) is 5.75. The number of carbonyl (C=O) groups excluding carboxylic acids is 1. The van der Waals surface area contributed by atoms with Crippen LogP contribution in [0.3, 0.4) is 0 Å². The third kappa shape index (κ3) is 3.40. The SMILES string of the molecule is O=C(Cn1cnc2sccc2c1=O)NC(c1ccccc1)c1cc2ccccc2o1. The molecule has 0 saturated carbocycles. The van der Waals surface area contributed by atoms with Crippen LogP contribution in [-0.2, 0) is 11.3 Å². The molecule has 0 aliphatic rings. The lowest BCUT2D eigenvalue weighted by Gasteiger charge is -2.17. The fourth-order valence-electron chi connectivity index (χ4n) is 3.48. The predicted molar refractivity (Wildman–Crippen MR) is 117 cm³/mol. The maximum absolute atomic E-state index is 12.9. The molecule has 1 unspecified atom stereocenters. The number of hydrogen-bond acceptors (Lipinski definition) is 5. The average molecular weight is 415 g/mol. The molecule has 0 fully saturated rings. The topological polar surface area (TPSA) is 77.1 Å². The molecule has 3 heterocycles. The summed E-state index contributed by atoms with van der Waals surface area (Å²) in [6.07, 6.45) is 1.42. The van der Waals surface area contributed by atoms with Gasteiger partial charge >= 0.3 is 0 Å². The van der Waals surface area contributed by atoms with E-state index in [2.05, 4.69) is 10.3 Å². The Bertz CT molecular complexity index is 1370. The normalized spacial score (nSPS) is 12.3. The Balaban J connectivity index is 1.46. The molecule has 0 saturated heterocycles. The van der Waals surface area contributed by atoms with E-state index in [0.29, 0.717) is 16.0 Å². The van der Waals surface area contributed by atoms with Crippen molar-refractivity contribution >= 4 is 38.4 Å². The van der Waals surface area contributed by atoms with E-state index in [9.17, 15) is 9.59 Å². The summed E-state index contributed by atoms with van der Waals surface area (Å²) in [5, 5.41) is 6.31. The van der Waals surface area contributed by atoms with Gasteiger partial charge in [-0.3, -0.25) is 14.2 Å². The van der Waals surface area contributed by atoms with Crippen LogP contribution in [0.25, 0.3) is 21.2 Å². The lowest BCUT2D eigenvalue weighted by atomic mass is 10.0. The first-order valence-corrected chi connectivity index (χ1v) is 10.3. The van der Waals surface area contributed by atoms with Gasteiger partial charge in [-0.15, -0.1) is 11.3 Å². The maximum atomic E-state index is 12.9. The highest BCUT2D eigenvalue weighted by Gasteiger charge is 2.21. The highest BCUT2D eigenvalue weighted by Crippen LogP contribution is 2.28. The highest BCUT2D eigenvalue weighted by atomic mass is 32.1. The standard InChI is InChI=1S/C23H17N3O3S/c27-20(13-26-14-24-22-17(23(26)28)10-11-30-22)25-21(15-6-2-1-3-7-15)19-12-16-8-4-5-9-18(16)29-19/h1-12,14,21H,13H2,(H,25,27). The molecule has 30 heavy (non-hydrogen) atoms. The fraction of sp³-hybridized carbons (Fsp3) is 0.0870. The minimum Gasteiger partial charge on any atom is -0.459 e. The quantitative estimate of drug-likeness (QED) is 0.469. The lowest BCUT2D eigenvalue weighted by molar-refractivity contribution is -0.122. The van der Waals surface area contributed by atoms with Crippen LogP contribution in [0.15, 0.2) is 87.6 Å². The number of furan rings is 1. The van der Waals surface area contributed by atoms with Gasteiger partial charge < -0.3 is 9.73 Å². The summed E-state index contributed by atoms with van der Waals surface area (Å²) in [6, 6.07) is 20.5. The molecular formula is C23H17N3O3S. The number of rotatable bonds is 5. The molecule has 3 aromatic heterocycles. The first-order chi connectivity index (χ1) is 14.7. The van der Waals surface area contributed by atoms with Crippen molar-refractivity contribution in [2.45, 2.75) is 12.6 Å². The predicted octanol–water partition coefficient (Wildman–Crippen LogP) is 4.11. The molecule has 0 aliphatic carbocycles. The highest BCUT2D eigenvalue weighted by molar-refractivity contribution is 7.16. The fourth-order valence-corrected chi connectivity index (χ4v) is 4.20. The molecular weight excluding hydrogens is 398 g/mol. The van der Waals surface area contributed by atoms with Crippen molar-refractivity contribution in [2.24, 2.45) is 0 Å². The van der Waals surface area contributed by atoms with Crippen LogP contribution >= 0.6 is 11.3 Å². The maximum Gasteiger partial charge on any atom is 0.262 e. The van der Waals surface area contributed by atoms with Gasteiger partial charge in [-0.05, 0) is 29.1 Å². The van der Waals surface area contributed by atoms with E-state index in [1.165, 1.54) is 22.2 Å². The zero-order valence-electron chi connectivity index (χ0n) is 15.8. The first-order valence-electron chi connectivity index (χ1n) is 9.44. The Morgan fingerprint density at radius 2 is 1.90 bits per heavy atom. The zero-order valence-corrected chi connectivity index (χ0v) is 16.6. The van der Waals surface area contributed by atoms with Crippen LogP contribution < -0.4 is 10.9 Å². The molecule has 6 nitrogen and oxygen atoms in total. The number of nitrogens with one attached hydrogen (secondary N) is 1. The van der Waals surface area contributed by atoms with Crippen molar-refractivity contribution in [3.63, 3.8) is 0 Å². The second-order valence-corrected chi connectivity index (χ2v) is 7.81. The summed E-state index contributed by atoms with van der Waals surface area (Å²) in [5.41, 5.74) is 1.42. The number of amides is 1. The van der Waals surface area contributed by atoms with Crippen LogP contribution in [0, 0.1) is 0 Å². The van der Waals surface area contributed by atoms with Crippen LogP contribution in [0.4, 0.5) is 0 Å². The van der Waals surface area contributed by atoms with Gasteiger partial charge in [0, 0.05) is 5.39 Å². The molecule has 0 bridgehead atoms. The second kappa shape index (κ2) is 7.61. The van der Waals surface area contributed by atoms with Gasteiger partial charge in [0.05, 0.1) is 11.7 Å². The summed E-state index contributed by atoms with van der Waals surface area (Å²) < 4.78 is 7.34. The van der Waals surface area contributed by atoms with E-state index in [-0.39, 0.29) is 18.0 Å². The molecule has 7 heteroatoms. The van der Waals surface area contributed by atoms with E-state index in [1.54, 1.807) is 6.07 Å². The molecule has 148 valence electrons. The average Bonchev–Trinajstić information content (AvgIpc) is 3.42. The third-order valence-electron chi connectivity index (χ3n) is 4.93. The molecule has 0 aliphatic heterocycles. The smallest absolute Gasteiger partial charge is 0.262 e. The van der Waals surface area contributed by atoms with Gasteiger partial charge in [0.2, 0.25) is 5.91 Å². The molecule has 2 aromatic carbocycles. The monoisotopic (exact) mass is 415 g/mol. The van der Waals surface area contributed by atoms with Crippen LogP contribution in [0.5, 0.6) is 0 Å². The van der Waals surface area contributed by atoms with Crippen molar-refractivity contribution in [3.05, 3.63) is 100 Å². The summed E-state index contributed by atoms with van der Waals surface area (Å²) in [5.74, 6) is 0.331. The van der Waals surface area contributed by atoms with Crippen molar-refractivity contribution in [1.82, 2.24) is 14.9 Å². The van der Waals surface area contributed by atoms with E-state index < -0.39 is 6.04 Å². The number of benzene rings is 2. The minimum absolute atomic E-state index is 0.124. The second-order valence-electron chi connectivity index (χ2n) is 6.91. The lowest BCUT2D eigenvalue weighted by Crippen LogP contribution is -2.35. The van der Waals surface area contributed by atoms with Gasteiger partial charge in [-0.2, -0.15) is 0 Å². The Hall–Kier alpha value is -3.71. The molecule has 0 spiro atoms. The number of aromatic nitrogens is 2. The van der Waals surface area contributed by atoms with Crippen LogP contribution in [-0.4, -0.2) is 15.5 Å². The summed E-state index contributed by atoms with van der Waals surface area (Å²) >= 11 is 1.40. The Kier molecular flexibility index (Phi) is 4.65. The largest absolute Gasteiger partial charge is 0.459 e. The van der Waals surface area contributed by atoms with Gasteiger partial charge in [0.15, 0.2) is 0 Å². The molecule has 1 amide bonds. The summed E-state index contributed by atoms with van der Waals surface area (Å²) in [4.78, 5) is 30.4. The molecule has 1 N–H and O–H groups in total. The van der Waals surface area contributed by atoms with E-state index in [0.717, 1.165) is 16.5 Å². The van der Waals surface area contributed by atoms with Crippen molar-refractivity contribution in [3.8, 4) is 0 Å². The molecule has 5 aromatic rings. The van der Waals surface area contributed by atoms with Gasteiger partial charge in [0.1, 0.15) is 28.8 Å². The number of hydrogen-bond donors (Lipinski definition) is 1. The van der Waals surface area contributed by atoms with Crippen molar-refractivity contribution < 1.29 is 9.21 Å². The van der Waals surface area contributed by atoms with E-state index in [1.807, 2.05) is 66.0 Å². The van der Waals surface area contributed by atoms with Crippen LogP contribution in [0.1, 0.15) is 17.4 Å². The van der Waals surface area contributed by atoms with Crippen LogP contribution in [0.2, 0.25) is 0 Å². The Morgan fingerprint density at radius 3 is 2.73 bits per heavy atom. The molecule has 5 rings (SSSR count). The minimum atomic E-state index is -0.473. The van der Waals surface area contributed by atoms with E-state index in [4.69, 9.17) is 4.42 Å². The molecule has 1 atom stereocenters. The van der Waals surface area contributed by atoms with Crippen molar-refractivity contribution in [2.75, 3.05) is 0 Å². The number of fused-ring (bicyclic) bond motifs is 2. The summed E-state index contributed by atoms with van der Waals surface area (Å²) in [7, 11) is 0. The number of para-hydroxylation sites is 1. The number of thiophene rings is 1. The first kappa shape index (κ1) is 18.3. The Labute approximate surface area is 175 Å². The molecule has 0 radical (unpaired) electrons.